The van der Waals surface area contributed by atoms with Gasteiger partial charge in [-0.15, -0.1) is 0 Å². The SMILES string of the molecule is CSCCC(NC(=O)c1cccc([N+](=O)[O-])c1)C(=O)N1CCN(c2ccc(Cl)cn2)CC1. The number of anilines is 1. The predicted molar refractivity (Wildman–Crippen MR) is 125 cm³/mol. The maximum absolute atomic E-state index is 13.2. The van der Waals surface area contributed by atoms with E-state index in [0.717, 1.165) is 5.82 Å². The van der Waals surface area contributed by atoms with Crippen LogP contribution in [0, 0.1) is 10.1 Å². The van der Waals surface area contributed by atoms with Gasteiger partial charge in [-0.25, -0.2) is 4.98 Å². The third kappa shape index (κ3) is 6.10. The first-order valence-electron chi connectivity index (χ1n) is 10.1. The van der Waals surface area contributed by atoms with Crippen LogP contribution in [-0.4, -0.2) is 70.9 Å². The van der Waals surface area contributed by atoms with Crippen LogP contribution < -0.4 is 10.2 Å². The number of aromatic nitrogens is 1. The lowest BCUT2D eigenvalue weighted by atomic mass is 10.1. The molecule has 1 aliphatic heterocycles. The van der Waals surface area contributed by atoms with Crippen molar-refractivity contribution in [3.8, 4) is 0 Å². The molecule has 1 fully saturated rings. The van der Waals surface area contributed by atoms with Crippen molar-refractivity contribution in [2.75, 3.05) is 43.1 Å². The third-order valence-electron chi connectivity index (χ3n) is 5.16. The molecular formula is C21H24ClN5O4S. The Kier molecular flexibility index (Phi) is 8.29. The third-order valence-corrected chi connectivity index (χ3v) is 6.03. The number of nitro benzene ring substituents is 1. The summed E-state index contributed by atoms with van der Waals surface area (Å²) in [7, 11) is 0. The summed E-state index contributed by atoms with van der Waals surface area (Å²) < 4.78 is 0. The van der Waals surface area contributed by atoms with Crippen LogP contribution in [0.4, 0.5) is 11.5 Å². The van der Waals surface area contributed by atoms with Gasteiger partial charge in [-0.2, -0.15) is 11.8 Å². The van der Waals surface area contributed by atoms with E-state index in [1.54, 1.807) is 28.9 Å². The van der Waals surface area contributed by atoms with Crippen LogP contribution in [0.3, 0.4) is 0 Å². The van der Waals surface area contributed by atoms with Crippen LogP contribution in [-0.2, 0) is 4.79 Å². The smallest absolute Gasteiger partial charge is 0.270 e. The maximum atomic E-state index is 13.2. The number of rotatable bonds is 8. The highest BCUT2D eigenvalue weighted by Crippen LogP contribution is 2.18. The summed E-state index contributed by atoms with van der Waals surface area (Å²) in [6.45, 7) is 2.25. The molecule has 1 saturated heterocycles. The van der Waals surface area contributed by atoms with Gasteiger partial charge in [0.15, 0.2) is 0 Å². The number of benzene rings is 1. The molecule has 3 rings (SSSR count). The van der Waals surface area contributed by atoms with Gasteiger partial charge in [0.25, 0.3) is 11.6 Å². The summed E-state index contributed by atoms with van der Waals surface area (Å²) in [5, 5.41) is 14.3. The molecule has 2 amide bonds. The summed E-state index contributed by atoms with van der Waals surface area (Å²) in [5.74, 6) is 0.846. The van der Waals surface area contributed by atoms with Crippen LogP contribution in [0.2, 0.25) is 5.02 Å². The molecule has 0 spiro atoms. The van der Waals surface area contributed by atoms with E-state index < -0.39 is 16.9 Å². The zero-order valence-electron chi connectivity index (χ0n) is 17.6. The van der Waals surface area contributed by atoms with Gasteiger partial charge in [0.1, 0.15) is 11.9 Å². The molecule has 170 valence electrons. The molecule has 2 heterocycles. The number of piperazine rings is 1. The van der Waals surface area contributed by atoms with Crippen LogP contribution in [0.5, 0.6) is 0 Å². The first-order chi connectivity index (χ1) is 15.4. The van der Waals surface area contributed by atoms with Gasteiger partial charge in [-0.3, -0.25) is 19.7 Å². The molecule has 0 radical (unpaired) electrons. The fraction of sp³-hybridized carbons (Fsp3) is 0.381. The van der Waals surface area contributed by atoms with Crippen molar-refractivity contribution in [3.63, 3.8) is 0 Å². The predicted octanol–water partition coefficient (Wildman–Crippen LogP) is 2.84. The van der Waals surface area contributed by atoms with Crippen molar-refractivity contribution in [3.05, 3.63) is 63.3 Å². The number of carbonyl (C=O) groups excluding carboxylic acids is 2. The number of non-ortho nitro benzene ring substituents is 1. The van der Waals surface area contributed by atoms with Crippen molar-refractivity contribution in [2.24, 2.45) is 0 Å². The second-order valence-corrected chi connectivity index (χ2v) is 8.68. The summed E-state index contributed by atoms with van der Waals surface area (Å²) in [6, 6.07) is 8.41. The molecule has 1 unspecified atom stereocenters. The molecule has 1 aliphatic rings. The van der Waals surface area contributed by atoms with Crippen molar-refractivity contribution in [1.29, 1.82) is 0 Å². The van der Waals surface area contributed by atoms with Crippen LogP contribution in [0.25, 0.3) is 0 Å². The minimum absolute atomic E-state index is 0.151. The number of carbonyl (C=O) groups is 2. The van der Waals surface area contributed by atoms with Gasteiger partial charge in [0.2, 0.25) is 5.91 Å². The summed E-state index contributed by atoms with van der Waals surface area (Å²) >= 11 is 7.48. The first-order valence-corrected chi connectivity index (χ1v) is 11.9. The molecule has 11 heteroatoms. The summed E-state index contributed by atoms with van der Waals surface area (Å²) in [6.07, 6.45) is 4.00. The summed E-state index contributed by atoms with van der Waals surface area (Å²) in [5.41, 5.74) is -0.0173. The van der Waals surface area contributed by atoms with Gasteiger partial charge in [0.05, 0.1) is 9.95 Å². The monoisotopic (exact) mass is 477 g/mol. The molecule has 32 heavy (non-hydrogen) atoms. The topological polar surface area (TPSA) is 109 Å². The molecule has 2 aromatic rings. The van der Waals surface area contributed by atoms with Crippen molar-refractivity contribution >= 4 is 46.7 Å². The highest BCUT2D eigenvalue weighted by Gasteiger charge is 2.29. The number of nitro groups is 1. The number of halogens is 1. The number of thioether (sulfide) groups is 1. The van der Waals surface area contributed by atoms with Gasteiger partial charge in [-0.05, 0) is 36.6 Å². The first kappa shape index (κ1) is 23.8. The van der Waals surface area contributed by atoms with Gasteiger partial charge in [-0.1, -0.05) is 17.7 Å². The Labute approximate surface area is 195 Å². The van der Waals surface area contributed by atoms with Gasteiger partial charge >= 0.3 is 0 Å². The molecule has 1 N–H and O–H groups in total. The number of nitrogens with one attached hydrogen (secondary N) is 1. The van der Waals surface area contributed by atoms with Crippen LogP contribution in [0.15, 0.2) is 42.6 Å². The fourth-order valence-electron chi connectivity index (χ4n) is 3.43. The Morgan fingerprint density at radius 2 is 2.00 bits per heavy atom. The van der Waals surface area contributed by atoms with Gasteiger partial charge < -0.3 is 15.1 Å². The second kappa shape index (κ2) is 11.1. The van der Waals surface area contributed by atoms with E-state index in [9.17, 15) is 19.7 Å². The second-order valence-electron chi connectivity index (χ2n) is 7.26. The Morgan fingerprint density at radius 1 is 1.25 bits per heavy atom. The molecule has 1 atom stereocenters. The van der Waals surface area contributed by atoms with E-state index in [-0.39, 0.29) is 17.2 Å². The molecule has 1 aromatic heterocycles. The van der Waals surface area contributed by atoms with E-state index in [2.05, 4.69) is 15.2 Å². The number of pyridine rings is 1. The molecule has 1 aromatic carbocycles. The highest BCUT2D eigenvalue weighted by atomic mass is 35.5. The van der Waals surface area contributed by atoms with Crippen molar-refractivity contribution in [2.45, 2.75) is 12.5 Å². The fourth-order valence-corrected chi connectivity index (χ4v) is 4.01. The van der Waals surface area contributed by atoms with E-state index in [1.807, 2.05) is 12.3 Å². The molecular weight excluding hydrogens is 454 g/mol. The van der Waals surface area contributed by atoms with Gasteiger partial charge in [0, 0.05) is 50.1 Å². The minimum atomic E-state index is -0.700. The number of hydrogen-bond acceptors (Lipinski definition) is 7. The van der Waals surface area contributed by atoms with Crippen molar-refractivity contribution < 1.29 is 14.5 Å². The lowest BCUT2D eigenvalue weighted by molar-refractivity contribution is -0.384. The molecule has 0 aliphatic carbocycles. The Morgan fingerprint density at radius 3 is 2.62 bits per heavy atom. The van der Waals surface area contributed by atoms with Crippen LogP contribution >= 0.6 is 23.4 Å². The van der Waals surface area contributed by atoms with Crippen LogP contribution in [0.1, 0.15) is 16.8 Å². The average molecular weight is 478 g/mol. The molecule has 0 bridgehead atoms. The Bertz CT molecular complexity index is 967. The lowest BCUT2D eigenvalue weighted by Crippen LogP contribution is -2.55. The quantitative estimate of drug-likeness (QED) is 0.460. The highest BCUT2D eigenvalue weighted by molar-refractivity contribution is 7.98. The molecule has 0 saturated carbocycles. The standard InChI is InChI=1S/C21H24ClN5O4S/c1-32-12-7-18(24-20(28)15-3-2-4-17(13-15)27(30)31)21(29)26-10-8-25(9-11-26)19-6-5-16(22)14-23-19/h2-6,13-14,18H,7-12H2,1H3,(H,24,28). The summed E-state index contributed by atoms with van der Waals surface area (Å²) in [4.78, 5) is 44.5. The number of nitrogens with zero attached hydrogens (tertiary/aromatic N) is 4. The number of hydrogen-bond donors (Lipinski definition) is 1. The largest absolute Gasteiger partial charge is 0.353 e. The Balaban J connectivity index is 1.64. The van der Waals surface area contributed by atoms with Crippen molar-refractivity contribution in [1.82, 2.24) is 15.2 Å². The van der Waals surface area contributed by atoms with E-state index in [0.29, 0.717) is 43.4 Å². The lowest BCUT2D eigenvalue weighted by Gasteiger charge is -2.37. The zero-order valence-corrected chi connectivity index (χ0v) is 19.1. The maximum Gasteiger partial charge on any atom is 0.270 e. The average Bonchev–Trinajstić information content (AvgIpc) is 2.82. The van der Waals surface area contributed by atoms with E-state index in [1.165, 1.54) is 24.3 Å². The Hall–Kier alpha value is -2.85. The number of amides is 2. The van der Waals surface area contributed by atoms with E-state index >= 15 is 0 Å². The normalized spacial score (nSPS) is 14.7. The van der Waals surface area contributed by atoms with E-state index in [4.69, 9.17) is 11.6 Å². The zero-order chi connectivity index (χ0) is 23.1. The minimum Gasteiger partial charge on any atom is -0.353 e. The molecule has 9 nitrogen and oxygen atoms in total.